The molecular formula is C11H21N3O. The van der Waals surface area contributed by atoms with Gasteiger partial charge in [-0.2, -0.15) is 5.10 Å². The standard InChI is InChI=1S/C11H21N3O/c1-11(2,5-7-15)9-12-8-10-4-6-13-14(10)3/h4,6,12,15H,5,7-9H2,1-3H3. The fourth-order valence-electron chi connectivity index (χ4n) is 1.49. The quantitative estimate of drug-likeness (QED) is 0.735. The van der Waals surface area contributed by atoms with E-state index >= 15 is 0 Å². The fraction of sp³-hybridized carbons (Fsp3) is 0.727. The van der Waals surface area contributed by atoms with Gasteiger partial charge in [-0.25, -0.2) is 0 Å². The van der Waals surface area contributed by atoms with Gasteiger partial charge >= 0.3 is 0 Å². The molecule has 0 unspecified atom stereocenters. The van der Waals surface area contributed by atoms with E-state index in [9.17, 15) is 0 Å². The van der Waals surface area contributed by atoms with Gasteiger partial charge in [0.1, 0.15) is 0 Å². The number of nitrogens with one attached hydrogen (secondary N) is 1. The second-order valence-corrected chi connectivity index (χ2v) is 4.69. The van der Waals surface area contributed by atoms with Crippen molar-refractivity contribution < 1.29 is 5.11 Å². The number of rotatable bonds is 6. The van der Waals surface area contributed by atoms with Crippen molar-refractivity contribution in [2.75, 3.05) is 13.2 Å². The van der Waals surface area contributed by atoms with Crippen molar-refractivity contribution in [2.24, 2.45) is 12.5 Å². The van der Waals surface area contributed by atoms with Gasteiger partial charge in [0.25, 0.3) is 0 Å². The van der Waals surface area contributed by atoms with Gasteiger partial charge in [-0.3, -0.25) is 4.68 Å². The zero-order valence-electron chi connectivity index (χ0n) is 9.82. The first kappa shape index (κ1) is 12.2. The molecule has 15 heavy (non-hydrogen) atoms. The summed E-state index contributed by atoms with van der Waals surface area (Å²) in [6.45, 7) is 6.28. The lowest BCUT2D eigenvalue weighted by molar-refractivity contribution is 0.206. The molecule has 0 saturated heterocycles. The van der Waals surface area contributed by atoms with Crippen LogP contribution in [0.15, 0.2) is 12.3 Å². The minimum absolute atomic E-state index is 0.146. The summed E-state index contributed by atoms with van der Waals surface area (Å²) < 4.78 is 1.87. The zero-order chi connectivity index (χ0) is 11.3. The Kier molecular flexibility index (Phi) is 4.29. The van der Waals surface area contributed by atoms with Gasteiger partial charge in [0.15, 0.2) is 0 Å². The van der Waals surface area contributed by atoms with Crippen molar-refractivity contribution in [2.45, 2.75) is 26.8 Å². The van der Waals surface area contributed by atoms with E-state index in [1.54, 1.807) is 6.20 Å². The van der Waals surface area contributed by atoms with E-state index in [0.29, 0.717) is 0 Å². The summed E-state index contributed by atoms with van der Waals surface area (Å²) in [6.07, 6.45) is 2.63. The number of aliphatic hydroxyl groups excluding tert-OH is 1. The molecule has 1 heterocycles. The van der Waals surface area contributed by atoms with Gasteiger partial charge in [-0.1, -0.05) is 13.8 Å². The van der Waals surface area contributed by atoms with Crippen LogP contribution in [0.4, 0.5) is 0 Å². The Balaban J connectivity index is 2.30. The SMILES string of the molecule is Cn1nccc1CNCC(C)(C)CCO. The predicted octanol–water partition coefficient (Wildman–Crippen LogP) is 0.918. The van der Waals surface area contributed by atoms with E-state index in [0.717, 1.165) is 19.5 Å². The van der Waals surface area contributed by atoms with Crippen LogP contribution in [0, 0.1) is 5.41 Å². The van der Waals surface area contributed by atoms with Crippen molar-refractivity contribution in [1.82, 2.24) is 15.1 Å². The van der Waals surface area contributed by atoms with Crippen LogP contribution < -0.4 is 5.32 Å². The predicted molar refractivity (Wildman–Crippen MR) is 60.4 cm³/mol. The molecule has 0 aromatic carbocycles. The summed E-state index contributed by atoms with van der Waals surface area (Å²) in [5.74, 6) is 0. The van der Waals surface area contributed by atoms with E-state index in [1.807, 2.05) is 17.8 Å². The third-order valence-electron chi connectivity index (χ3n) is 2.62. The van der Waals surface area contributed by atoms with Gasteiger partial charge < -0.3 is 10.4 Å². The molecule has 1 aromatic rings. The second kappa shape index (κ2) is 5.28. The van der Waals surface area contributed by atoms with Crippen LogP contribution in [0.1, 0.15) is 26.0 Å². The van der Waals surface area contributed by atoms with Crippen molar-refractivity contribution in [3.63, 3.8) is 0 Å². The number of nitrogens with zero attached hydrogens (tertiary/aromatic N) is 2. The van der Waals surface area contributed by atoms with Crippen LogP contribution in [0.5, 0.6) is 0 Å². The molecule has 0 aliphatic rings. The Morgan fingerprint density at radius 3 is 2.80 bits per heavy atom. The smallest absolute Gasteiger partial charge is 0.0518 e. The van der Waals surface area contributed by atoms with Crippen LogP contribution in [-0.4, -0.2) is 28.0 Å². The van der Waals surface area contributed by atoms with Crippen LogP contribution >= 0.6 is 0 Å². The molecule has 1 aromatic heterocycles. The van der Waals surface area contributed by atoms with Gasteiger partial charge in [0, 0.05) is 32.9 Å². The molecule has 2 N–H and O–H groups in total. The molecule has 86 valence electrons. The molecule has 0 aliphatic heterocycles. The summed E-state index contributed by atoms with van der Waals surface area (Å²) in [7, 11) is 1.94. The summed E-state index contributed by atoms with van der Waals surface area (Å²) in [5.41, 5.74) is 1.32. The maximum absolute atomic E-state index is 8.89. The maximum atomic E-state index is 8.89. The van der Waals surface area contributed by atoms with Crippen molar-refractivity contribution in [3.05, 3.63) is 18.0 Å². The summed E-state index contributed by atoms with van der Waals surface area (Å²) >= 11 is 0. The first-order chi connectivity index (χ1) is 7.05. The molecule has 0 fully saturated rings. The molecule has 0 radical (unpaired) electrons. The molecule has 0 bridgehead atoms. The van der Waals surface area contributed by atoms with Gasteiger partial charge in [0.05, 0.1) is 5.69 Å². The first-order valence-electron chi connectivity index (χ1n) is 5.34. The van der Waals surface area contributed by atoms with E-state index < -0.39 is 0 Å². The molecule has 0 amide bonds. The Morgan fingerprint density at radius 1 is 1.53 bits per heavy atom. The van der Waals surface area contributed by atoms with E-state index in [4.69, 9.17) is 5.11 Å². The minimum Gasteiger partial charge on any atom is -0.396 e. The molecule has 4 heteroatoms. The number of aromatic nitrogens is 2. The zero-order valence-corrected chi connectivity index (χ0v) is 9.82. The largest absolute Gasteiger partial charge is 0.396 e. The highest BCUT2D eigenvalue weighted by Crippen LogP contribution is 2.18. The number of hydrogen-bond acceptors (Lipinski definition) is 3. The maximum Gasteiger partial charge on any atom is 0.0518 e. The summed E-state index contributed by atoms with van der Waals surface area (Å²) in [4.78, 5) is 0. The highest BCUT2D eigenvalue weighted by Gasteiger charge is 2.16. The van der Waals surface area contributed by atoms with E-state index in [-0.39, 0.29) is 12.0 Å². The average Bonchev–Trinajstić information content (AvgIpc) is 2.51. The Bertz CT molecular complexity index is 294. The van der Waals surface area contributed by atoms with Crippen LogP contribution in [0.25, 0.3) is 0 Å². The molecular weight excluding hydrogens is 190 g/mol. The molecule has 1 rings (SSSR count). The fourth-order valence-corrected chi connectivity index (χ4v) is 1.49. The molecule has 0 spiro atoms. The van der Waals surface area contributed by atoms with Gasteiger partial charge in [-0.05, 0) is 17.9 Å². The number of aryl methyl sites for hydroxylation is 1. The Morgan fingerprint density at radius 2 is 2.27 bits per heavy atom. The van der Waals surface area contributed by atoms with Crippen LogP contribution in [0.2, 0.25) is 0 Å². The Labute approximate surface area is 91.3 Å². The first-order valence-corrected chi connectivity index (χ1v) is 5.34. The summed E-state index contributed by atoms with van der Waals surface area (Å²) in [6, 6.07) is 2.01. The number of aliphatic hydroxyl groups is 1. The highest BCUT2D eigenvalue weighted by atomic mass is 16.3. The van der Waals surface area contributed by atoms with Crippen molar-refractivity contribution in [3.8, 4) is 0 Å². The van der Waals surface area contributed by atoms with E-state index in [2.05, 4.69) is 24.3 Å². The lowest BCUT2D eigenvalue weighted by Gasteiger charge is -2.23. The molecule has 0 aliphatic carbocycles. The minimum atomic E-state index is 0.146. The lowest BCUT2D eigenvalue weighted by atomic mass is 9.90. The molecule has 0 atom stereocenters. The van der Waals surface area contributed by atoms with Crippen LogP contribution in [-0.2, 0) is 13.6 Å². The third-order valence-corrected chi connectivity index (χ3v) is 2.62. The normalized spacial score (nSPS) is 12.0. The summed E-state index contributed by atoms with van der Waals surface area (Å²) in [5, 5.41) is 16.4. The van der Waals surface area contributed by atoms with E-state index in [1.165, 1.54) is 5.69 Å². The Hall–Kier alpha value is -0.870. The third kappa shape index (κ3) is 4.01. The number of hydrogen-bond donors (Lipinski definition) is 2. The molecule has 4 nitrogen and oxygen atoms in total. The molecule has 0 saturated carbocycles. The average molecular weight is 211 g/mol. The van der Waals surface area contributed by atoms with Crippen molar-refractivity contribution in [1.29, 1.82) is 0 Å². The van der Waals surface area contributed by atoms with Gasteiger partial charge in [0.2, 0.25) is 0 Å². The van der Waals surface area contributed by atoms with Crippen LogP contribution in [0.3, 0.4) is 0 Å². The second-order valence-electron chi connectivity index (χ2n) is 4.69. The van der Waals surface area contributed by atoms with Gasteiger partial charge in [-0.15, -0.1) is 0 Å². The lowest BCUT2D eigenvalue weighted by Crippen LogP contribution is -2.30. The van der Waals surface area contributed by atoms with Crippen molar-refractivity contribution >= 4 is 0 Å². The topological polar surface area (TPSA) is 50.1 Å². The highest BCUT2D eigenvalue weighted by molar-refractivity contribution is 4.99. The monoisotopic (exact) mass is 211 g/mol.